The third kappa shape index (κ3) is 4.98. The molecular weight excluding hydrogens is 362 g/mol. The molecular formula is C20H19N3O3S. The first-order valence-electron chi connectivity index (χ1n) is 8.45. The molecule has 138 valence electrons. The summed E-state index contributed by atoms with van der Waals surface area (Å²) in [6.45, 7) is 0.332. The topological polar surface area (TPSA) is 81.2 Å². The summed E-state index contributed by atoms with van der Waals surface area (Å²) in [7, 11) is 1.52. The van der Waals surface area contributed by atoms with E-state index in [1.54, 1.807) is 36.7 Å². The van der Waals surface area contributed by atoms with Gasteiger partial charge in [0, 0.05) is 36.2 Å². The number of carbonyl (C=O) groups is 2. The summed E-state index contributed by atoms with van der Waals surface area (Å²) in [6, 6.07) is 10.8. The first-order chi connectivity index (χ1) is 13.2. The zero-order valence-corrected chi connectivity index (χ0v) is 15.7. The Morgan fingerprint density at radius 3 is 2.78 bits per heavy atom. The number of ketones is 1. The highest BCUT2D eigenvalue weighted by molar-refractivity contribution is 7.13. The summed E-state index contributed by atoms with van der Waals surface area (Å²) in [6.07, 6.45) is 3.72. The third-order valence-corrected chi connectivity index (χ3v) is 4.85. The summed E-state index contributed by atoms with van der Waals surface area (Å²) >= 11 is 1.50. The van der Waals surface area contributed by atoms with Gasteiger partial charge in [-0.15, -0.1) is 11.3 Å². The second-order valence-corrected chi connectivity index (χ2v) is 6.64. The van der Waals surface area contributed by atoms with Crippen LogP contribution in [0.25, 0.3) is 10.6 Å². The smallest absolute Gasteiger partial charge is 0.220 e. The van der Waals surface area contributed by atoms with Crippen LogP contribution in [-0.4, -0.2) is 28.8 Å². The average Bonchev–Trinajstić information content (AvgIpc) is 3.20. The van der Waals surface area contributed by atoms with Crippen LogP contribution in [0.4, 0.5) is 0 Å². The highest BCUT2D eigenvalue weighted by atomic mass is 32.1. The number of ether oxygens (including phenoxy) is 1. The van der Waals surface area contributed by atoms with Gasteiger partial charge in [-0.3, -0.25) is 14.6 Å². The Kier molecular flexibility index (Phi) is 6.27. The van der Waals surface area contributed by atoms with Crippen molar-refractivity contribution in [2.75, 3.05) is 7.11 Å². The summed E-state index contributed by atoms with van der Waals surface area (Å²) < 4.78 is 5.18. The number of methoxy groups -OCH3 is 1. The predicted octanol–water partition coefficient (Wildman–Crippen LogP) is 3.49. The summed E-state index contributed by atoms with van der Waals surface area (Å²) in [5.74, 6) is 0.220. The fraction of sp³-hybridized carbons (Fsp3) is 0.200. The van der Waals surface area contributed by atoms with E-state index in [1.165, 1.54) is 18.4 Å². The van der Waals surface area contributed by atoms with Crippen molar-refractivity contribution in [2.45, 2.75) is 19.4 Å². The lowest BCUT2D eigenvalue weighted by Crippen LogP contribution is -2.23. The number of nitrogens with one attached hydrogen (secondary N) is 1. The van der Waals surface area contributed by atoms with Crippen LogP contribution in [0.3, 0.4) is 0 Å². The quantitative estimate of drug-likeness (QED) is 0.604. The number of nitrogens with zero attached hydrogens (tertiary/aromatic N) is 2. The minimum absolute atomic E-state index is 0.116. The predicted molar refractivity (Wildman–Crippen MR) is 104 cm³/mol. The van der Waals surface area contributed by atoms with Crippen molar-refractivity contribution in [3.63, 3.8) is 0 Å². The van der Waals surface area contributed by atoms with Crippen molar-refractivity contribution in [1.82, 2.24) is 15.3 Å². The molecule has 0 spiro atoms. The summed E-state index contributed by atoms with van der Waals surface area (Å²) in [5, 5.41) is 5.57. The zero-order valence-electron chi connectivity index (χ0n) is 14.8. The molecule has 2 aromatic heterocycles. The minimum atomic E-state index is -0.186. The van der Waals surface area contributed by atoms with Gasteiger partial charge in [0.1, 0.15) is 10.8 Å². The molecule has 27 heavy (non-hydrogen) atoms. The van der Waals surface area contributed by atoms with Crippen LogP contribution in [-0.2, 0) is 11.3 Å². The first-order valence-corrected chi connectivity index (χ1v) is 9.33. The monoisotopic (exact) mass is 381 g/mol. The maximum absolute atomic E-state index is 12.3. The number of hydrogen-bond donors (Lipinski definition) is 1. The first kappa shape index (κ1) is 18.7. The van der Waals surface area contributed by atoms with Crippen LogP contribution in [0.2, 0.25) is 0 Å². The van der Waals surface area contributed by atoms with Gasteiger partial charge in [-0.2, -0.15) is 0 Å². The van der Waals surface area contributed by atoms with Gasteiger partial charge in [-0.25, -0.2) is 4.98 Å². The molecule has 0 bridgehead atoms. The molecule has 1 amide bonds. The number of amides is 1. The second kappa shape index (κ2) is 9.05. The van der Waals surface area contributed by atoms with E-state index in [9.17, 15) is 9.59 Å². The maximum atomic E-state index is 12.3. The van der Waals surface area contributed by atoms with Crippen molar-refractivity contribution < 1.29 is 14.3 Å². The normalized spacial score (nSPS) is 10.4. The number of hydrogen-bond acceptors (Lipinski definition) is 6. The number of benzene rings is 1. The van der Waals surface area contributed by atoms with Gasteiger partial charge in [-0.1, -0.05) is 12.1 Å². The van der Waals surface area contributed by atoms with E-state index in [2.05, 4.69) is 15.3 Å². The second-order valence-electron chi connectivity index (χ2n) is 5.79. The Bertz CT molecular complexity index is 925. The number of carbonyl (C=O) groups excluding carboxylic acids is 2. The summed E-state index contributed by atoms with van der Waals surface area (Å²) in [4.78, 5) is 32.9. The molecule has 0 radical (unpaired) electrons. The molecule has 0 atom stereocenters. The Hall–Kier alpha value is -3.06. The lowest BCUT2D eigenvalue weighted by atomic mass is 10.1. The van der Waals surface area contributed by atoms with Crippen LogP contribution in [0, 0.1) is 0 Å². The fourth-order valence-corrected chi connectivity index (χ4v) is 3.33. The number of para-hydroxylation sites is 1. The van der Waals surface area contributed by atoms with Gasteiger partial charge in [0.05, 0.1) is 24.9 Å². The van der Waals surface area contributed by atoms with Gasteiger partial charge in [0.25, 0.3) is 0 Å². The van der Waals surface area contributed by atoms with Gasteiger partial charge in [0.2, 0.25) is 5.91 Å². The molecule has 0 saturated heterocycles. The number of aromatic nitrogens is 2. The van der Waals surface area contributed by atoms with Crippen molar-refractivity contribution in [2.24, 2.45) is 0 Å². The van der Waals surface area contributed by atoms with E-state index in [0.717, 1.165) is 16.3 Å². The Labute approximate surface area is 161 Å². The van der Waals surface area contributed by atoms with E-state index in [0.29, 0.717) is 17.9 Å². The molecule has 3 rings (SSSR count). The SMILES string of the molecule is COc1ccccc1C(=O)CCC(=O)NCc1csc(-c2cccnc2)n1. The van der Waals surface area contributed by atoms with Crippen molar-refractivity contribution in [1.29, 1.82) is 0 Å². The van der Waals surface area contributed by atoms with Crippen LogP contribution in [0.1, 0.15) is 28.9 Å². The Morgan fingerprint density at radius 2 is 2.00 bits per heavy atom. The van der Waals surface area contributed by atoms with Gasteiger partial charge < -0.3 is 10.1 Å². The molecule has 1 N–H and O–H groups in total. The van der Waals surface area contributed by atoms with Gasteiger partial charge >= 0.3 is 0 Å². The van der Waals surface area contributed by atoms with Crippen LogP contribution >= 0.6 is 11.3 Å². The molecule has 1 aromatic carbocycles. The van der Waals surface area contributed by atoms with Gasteiger partial charge in [-0.05, 0) is 24.3 Å². The fourth-order valence-electron chi connectivity index (χ4n) is 2.52. The van der Waals surface area contributed by atoms with E-state index in [1.807, 2.05) is 17.5 Å². The minimum Gasteiger partial charge on any atom is -0.496 e. The lowest BCUT2D eigenvalue weighted by molar-refractivity contribution is -0.121. The van der Waals surface area contributed by atoms with Crippen LogP contribution in [0.5, 0.6) is 5.75 Å². The lowest BCUT2D eigenvalue weighted by Gasteiger charge is -2.07. The van der Waals surface area contributed by atoms with E-state index < -0.39 is 0 Å². The van der Waals surface area contributed by atoms with Gasteiger partial charge in [0.15, 0.2) is 5.78 Å². The number of pyridine rings is 1. The highest BCUT2D eigenvalue weighted by Gasteiger charge is 2.13. The van der Waals surface area contributed by atoms with E-state index >= 15 is 0 Å². The number of thiazole rings is 1. The van der Waals surface area contributed by atoms with Crippen molar-refractivity contribution in [3.8, 4) is 16.3 Å². The molecule has 0 fully saturated rings. The van der Waals surface area contributed by atoms with Crippen LogP contribution < -0.4 is 10.1 Å². The molecule has 0 unspecified atom stereocenters. The van der Waals surface area contributed by atoms with Crippen molar-refractivity contribution in [3.05, 3.63) is 65.4 Å². The van der Waals surface area contributed by atoms with Crippen molar-refractivity contribution >= 4 is 23.0 Å². The molecule has 3 aromatic rings. The Balaban J connectivity index is 1.49. The molecule has 2 heterocycles. The molecule has 0 aliphatic heterocycles. The maximum Gasteiger partial charge on any atom is 0.220 e. The Morgan fingerprint density at radius 1 is 1.15 bits per heavy atom. The van der Waals surface area contributed by atoms with E-state index in [-0.39, 0.29) is 24.5 Å². The number of Topliss-reactive ketones (excluding diaryl/α,β-unsaturated/α-hetero) is 1. The zero-order chi connectivity index (χ0) is 19.1. The standard InChI is InChI=1S/C20H19N3O3S/c1-26-18-7-3-2-6-16(18)17(24)8-9-19(25)22-12-15-13-27-20(23-15)14-5-4-10-21-11-14/h2-7,10-11,13H,8-9,12H2,1H3,(H,22,25). The van der Waals surface area contributed by atoms with E-state index in [4.69, 9.17) is 4.74 Å². The molecule has 0 aliphatic rings. The third-order valence-electron chi connectivity index (χ3n) is 3.91. The molecule has 7 heteroatoms. The highest BCUT2D eigenvalue weighted by Crippen LogP contribution is 2.22. The molecule has 0 saturated carbocycles. The average molecular weight is 381 g/mol. The van der Waals surface area contributed by atoms with Crippen LogP contribution in [0.15, 0.2) is 54.2 Å². The number of rotatable bonds is 8. The largest absolute Gasteiger partial charge is 0.496 e. The summed E-state index contributed by atoms with van der Waals surface area (Å²) in [5.41, 5.74) is 2.22. The molecule has 0 aliphatic carbocycles. The molecule has 6 nitrogen and oxygen atoms in total.